The maximum atomic E-state index is 9.19. The third kappa shape index (κ3) is 129. The molecular weight excluding hydrogens is 211 g/mol. The fraction of sp³-hybridized carbons (Fsp3) is 1.00. The van der Waals surface area contributed by atoms with Gasteiger partial charge >= 0.3 is 23.9 Å². The SMILES string of the molecule is CS(=O)(=O)O.[SnH4]. The first-order valence-corrected chi connectivity index (χ1v) is 2.77. The predicted octanol–water partition coefficient (Wildman–Crippen LogP) is -1.95. The molecule has 0 saturated carbocycles. The number of hydrogen-bond donors (Lipinski definition) is 1. The second kappa shape index (κ2) is 2.81. The molecule has 0 bridgehead atoms. The van der Waals surface area contributed by atoms with Crippen LogP contribution >= 0.6 is 0 Å². The fourth-order valence-electron chi connectivity index (χ4n) is 0. The van der Waals surface area contributed by atoms with Crippen molar-refractivity contribution in [3.8, 4) is 0 Å². The minimum atomic E-state index is -3.67. The van der Waals surface area contributed by atoms with Crippen LogP contribution < -0.4 is 0 Å². The Labute approximate surface area is 53.4 Å². The molecule has 0 aliphatic heterocycles. The summed E-state index contributed by atoms with van der Waals surface area (Å²) in [7, 11) is -3.67. The standard InChI is InChI=1S/CH4O3S.Sn.4H/c1-5(2,3)4;;;;;/h1H3,(H,2,3,4);;;;;. The number of hydrogen-bond acceptors (Lipinski definition) is 2. The van der Waals surface area contributed by atoms with E-state index in [4.69, 9.17) is 4.55 Å². The van der Waals surface area contributed by atoms with Crippen molar-refractivity contribution in [2.75, 3.05) is 6.26 Å². The summed E-state index contributed by atoms with van der Waals surface area (Å²) in [6.07, 6.45) is 0.715. The Bertz CT molecular complexity index is 94.0. The molecule has 0 heterocycles. The van der Waals surface area contributed by atoms with Crippen molar-refractivity contribution in [1.29, 1.82) is 0 Å². The van der Waals surface area contributed by atoms with Crippen LogP contribution in [0.15, 0.2) is 0 Å². The molecule has 0 saturated heterocycles. The molecule has 0 aromatic carbocycles. The van der Waals surface area contributed by atoms with E-state index in [1.54, 1.807) is 0 Å². The second-order valence-electron chi connectivity index (χ2n) is 0.733. The average molecular weight is 219 g/mol. The monoisotopic (exact) mass is 220 g/mol. The molecule has 0 fully saturated rings. The van der Waals surface area contributed by atoms with Crippen molar-refractivity contribution in [3.63, 3.8) is 0 Å². The van der Waals surface area contributed by atoms with Crippen LogP contribution in [-0.4, -0.2) is 43.1 Å². The minimum absolute atomic E-state index is 0. The normalized spacial score (nSPS) is 9.67. The first-order valence-electron chi connectivity index (χ1n) is 0.924. The Morgan fingerprint density at radius 1 is 1.50 bits per heavy atom. The molecule has 0 radical (unpaired) electrons. The van der Waals surface area contributed by atoms with Crippen LogP contribution in [0.4, 0.5) is 0 Å². The van der Waals surface area contributed by atoms with Gasteiger partial charge in [0, 0.05) is 0 Å². The summed E-state index contributed by atoms with van der Waals surface area (Å²) in [5.41, 5.74) is 0. The van der Waals surface area contributed by atoms with E-state index in [0.717, 1.165) is 0 Å². The first-order chi connectivity index (χ1) is 2.00. The van der Waals surface area contributed by atoms with E-state index in [1.165, 1.54) is 0 Å². The predicted molar refractivity (Wildman–Crippen MR) is 28.8 cm³/mol. The Balaban J connectivity index is 0. The van der Waals surface area contributed by atoms with Crippen LogP contribution in [0.2, 0.25) is 0 Å². The van der Waals surface area contributed by atoms with Gasteiger partial charge in [-0.1, -0.05) is 0 Å². The van der Waals surface area contributed by atoms with Crippen molar-refractivity contribution >= 4 is 34.0 Å². The molecule has 0 amide bonds. The zero-order valence-corrected chi connectivity index (χ0v) is 3.49. The molecule has 0 rings (SSSR count). The topological polar surface area (TPSA) is 54.4 Å². The van der Waals surface area contributed by atoms with Gasteiger partial charge in [0.15, 0.2) is 0 Å². The quantitative estimate of drug-likeness (QED) is 0.380. The van der Waals surface area contributed by atoms with Gasteiger partial charge in [-0.2, -0.15) is 8.42 Å². The Morgan fingerprint density at radius 2 is 1.50 bits per heavy atom. The molecule has 0 aliphatic carbocycles. The maximum absolute atomic E-state index is 9.19. The van der Waals surface area contributed by atoms with Crippen LogP contribution in [0.1, 0.15) is 0 Å². The fourth-order valence-corrected chi connectivity index (χ4v) is 0. The van der Waals surface area contributed by atoms with Crippen molar-refractivity contribution < 1.29 is 13.0 Å². The molecule has 1 N–H and O–H groups in total. The molecule has 3 nitrogen and oxygen atoms in total. The molecule has 0 unspecified atom stereocenters. The van der Waals surface area contributed by atoms with Crippen molar-refractivity contribution in [1.82, 2.24) is 0 Å². The second-order valence-corrected chi connectivity index (χ2v) is 2.20. The van der Waals surface area contributed by atoms with Gasteiger partial charge in [-0.25, -0.2) is 0 Å². The molecule has 0 aromatic rings. The zero-order chi connectivity index (χ0) is 4.50. The van der Waals surface area contributed by atoms with E-state index >= 15 is 0 Å². The van der Waals surface area contributed by atoms with E-state index in [2.05, 4.69) is 0 Å². The summed E-state index contributed by atoms with van der Waals surface area (Å²) in [5, 5.41) is 0. The molecule has 6 heavy (non-hydrogen) atoms. The molecule has 0 spiro atoms. The molecule has 0 atom stereocenters. The van der Waals surface area contributed by atoms with Gasteiger partial charge in [-0.3, -0.25) is 4.55 Å². The van der Waals surface area contributed by atoms with Crippen LogP contribution in [0.3, 0.4) is 0 Å². The molecule has 40 valence electrons. The third-order valence-corrected chi connectivity index (χ3v) is 0. The Morgan fingerprint density at radius 3 is 1.50 bits per heavy atom. The van der Waals surface area contributed by atoms with Gasteiger partial charge in [0.1, 0.15) is 0 Å². The summed E-state index contributed by atoms with van der Waals surface area (Å²) in [6, 6.07) is 0. The van der Waals surface area contributed by atoms with Crippen molar-refractivity contribution in [3.05, 3.63) is 0 Å². The summed E-state index contributed by atoms with van der Waals surface area (Å²) in [4.78, 5) is 0. The van der Waals surface area contributed by atoms with Crippen LogP contribution in [0.25, 0.3) is 0 Å². The molecule has 0 aromatic heterocycles. The average Bonchev–Trinajstić information content (AvgIpc) is 0.722. The molecular formula is CH8O3SSn. The third-order valence-electron chi connectivity index (χ3n) is 0. The van der Waals surface area contributed by atoms with E-state index in [-0.39, 0.29) is 23.9 Å². The van der Waals surface area contributed by atoms with E-state index < -0.39 is 10.1 Å². The Hall–Kier alpha value is 0.709. The zero-order valence-electron chi connectivity index (χ0n) is 2.67. The van der Waals surface area contributed by atoms with Gasteiger partial charge in [-0.05, 0) is 0 Å². The Kier molecular flexibility index (Phi) is 4.62. The summed E-state index contributed by atoms with van der Waals surface area (Å²) < 4.78 is 25.9. The van der Waals surface area contributed by atoms with Crippen molar-refractivity contribution in [2.24, 2.45) is 0 Å². The molecule has 0 aliphatic rings. The van der Waals surface area contributed by atoms with Crippen LogP contribution in [0, 0.1) is 0 Å². The van der Waals surface area contributed by atoms with Gasteiger partial charge < -0.3 is 0 Å². The van der Waals surface area contributed by atoms with E-state index in [0.29, 0.717) is 6.26 Å². The summed E-state index contributed by atoms with van der Waals surface area (Å²) >= 11 is 0. The molecule has 5 heteroatoms. The van der Waals surface area contributed by atoms with Gasteiger partial charge in [0.25, 0.3) is 10.1 Å². The van der Waals surface area contributed by atoms with Gasteiger partial charge in [-0.15, -0.1) is 0 Å². The summed E-state index contributed by atoms with van der Waals surface area (Å²) in [6.45, 7) is 0. The van der Waals surface area contributed by atoms with Gasteiger partial charge in [0.05, 0.1) is 6.26 Å². The summed E-state index contributed by atoms with van der Waals surface area (Å²) in [5.74, 6) is 0. The first kappa shape index (κ1) is 9.86. The van der Waals surface area contributed by atoms with E-state index in [9.17, 15) is 8.42 Å². The van der Waals surface area contributed by atoms with Crippen LogP contribution in [-0.2, 0) is 10.1 Å². The van der Waals surface area contributed by atoms with E-state index in [1.807, 2.05) is 0 Å². The van der Waals surface area contributed by atoms with Crippen molar-refractivity contribution in [2.45, 2.75) is 0 Å². The number of rotatable bonds is 0. The van der Waals surface area contributed by atoms with Crippen LogP contribution in [0.5, 0.6) is 0 Å². The van der Waals surface area contributed by atoms with Gasteiger partial charge in [0.2, 0.25) is 0 Å².